The maximum Gasteiger partial charge on any atom is 0.328 e. The molecule has 0 unspecified atom stereocenters. The molecule has 0 aromatic heterocycles. The summed E-state index contributed by atoms with van der Waals surface area (Å²) in [5, 5.41) is 8.42. The number of anilines is 1. The number of nitrogens with zero attached hydrogens (tertiary/aromatic N) is 1. The van der Waals surface area contributed by atoms with Gasteiger partial charge in [0.2, 0.25) is 0 Å². The largest absolute Gasteiger partial charge is 0.495 e. The van der Waals surface area contributed by atoms with Crippen LogP contribution in [0, 0.1) is 5.82 Å². The molecule has 0 fully saturated rings. The summed E-state index contributed by atoms with van der Waals surface area (Å²) in [4.78, 5) is 23.0. The molecule has 1 amide bonds. The minimum atomic E-state index is -1.23. The minimum Gasteiger partial charge on any atom is -0.495 e. The second-order valence-corrected chi connectivity index (χ2v) is 3.38. The molecule has 0 saturated carbocycles. The molecular weight excluding hydrogens is 241 g/mol. The molecule has 1 N–H and O–H groups in total. The molecule has 0 radical (unpaired) electrons. The number of rotatable bonds is 4. The van der Waals surface area contributed by atoms with Crippen LogP contribution in [-0.4, -0.2) is 31.1 Å². The van der Waals surface area contributed by atoms with Gasteiger partial charge in [-0.15, -0.1) is 0 Å². The number of aliphatic carboxylic acids is 1. The van der Waals surface area contributed by atoms with Crippen LogP contribution in [-0.2, 0) is 9.59 Å². The summed E-state index contributed by atoms with van der Waals surface area (Å²) < 4.78 is 18.1. The van der Waals surface area contributed by atoms with Gasteiger partial charge in [-0.05, 0) is 12.1 Å². The first-order valence-electron chi connectivity index (χ1n) is 4.98. The summed E-state index contributed by atoms with van der Waals surface area (Å²) in [6, 6.07) is 3.72. The van der Waals surface area contributed by atoms with E-state index in [2.05, 4.69) is 0 Å². The van der Waals surface area contributed by atoms with Gasteiger partial charge >= 0.3 is 5.97 Å². The Labute approximate surface area is 103 Å². The highest BCUT2D eigenvalue weighted by Crippen LogP contribution is 2.28. The Morgan fingerprint density at radius 2 is 2.06 bits per heavy atom. The summed E-state index contributed by atoms with van der Waals surface area (Å²) in [5.41, 5.74) is 0.220. The van der Waals surface area contributed by atoms with Gasteiger partial charge in [0, 0.05) is 25.3 Å². The van der Waals surface area contributed by atoms with Crippen LogP contribution in [0.5, 0.6) is 5.75 Å². The van der Waals surface area contributed by atoms with E-state index in [1.54, 1.807) is 0 Å². The lowest BCUT2D eigenvalue weighted by Crippen LogP contribution is -2.24. The Kier molecular flexibility index (Phi) is 4.42. The van der Waals surface area contributed by atoms with Crippen LogP contribution < -0.4 is 9.64 Å². The van der Waals surface area contributed by atoms with E-state index in [-0.39, 0.29) is 5.69 Å². The zero-order chi connectivity index (χ0) is 13.7. The lowest BCUT2D eigenvalue weighted by molar-refractivity contribution is -0.131. The number of halogens is 1. The highest BCUT2D eigenvalue weighted by Gasteiger charge is 2.14. The molecular formula is C12H12FNO4. The number of ether oxygens (including phenoxy) is 1. The van der Waals surface area contributed by atoms with E-state index in [0.717, 1.165) is 17.0 Å². The van der Waals surface area contributed by atoms with Crippen LogP contribution in [0.2, 0.25) is 0 Å². The van der Waals surface area contributed by atoms with Gasteiger partial charge in [0.1, 0.15) is 11.6 Å². The smallest absolute Gasteiger partial charge is 0.328 e. The normalized spacial score (nSPS) is 10.4. The number of carbonyl (C=O) groups is 2. The molecule has 0 atom stereocenters. The van der Waals surface area contributed by atoms with Crippen molar-refractivity contribution >= 4 is 17.6 Å². The van der Waals surface area contributed by atoms with Gasteiger partial charge < -0.3 is 14.7 Å². The van der Waals surface area contributed by atoms with Crippen LogP contribution >= 0.6 is 0 Å². The zero-order valence-electron chi connectivity index (χ0n) is 9.88. The molecule has 0 bridgehead atoms. The average molecular weight is 253 g/mol. The highest BCUT2D eigenvalue weighted by atomic mass is 19.1. The topological polar surface area (TPSA) is 66.8 Å². The standard InChI is InChI=1S/C12H12FNO4/c1-14(11(15)5-6-12(16)17)9-7-8(13)3-4-10(9)18-2/h3-7H,1-2H3,(H,16,17)/b6-5+. The Bertz CT molecular complexity index is 499. The van der Waals surface area contributed by atoms with Gasteiger partial charge in [0.25, 0.3) is 5.91 Å². The van der Waals surface area contributed by atoms with Crippen molar-refractivity contribution in [3.63, 3.8) is 0 Å². The number of hydrogen-bond donors (Lipinski definition) is 1. The SMILES string of the molecule is COc1ccc(F)cc1N(C)C(=O)/C=C/C(=O)O. The van der Waals surface area contributed by atoms with Crippen molar-refractivity contribution < 1.29 is 23.8 Å². The second kappa shape index (κ2) is 5.81. The quantitative estimate of drug-likeness (QED) is 0.824. The van der Waals surface area contributed by atoms with Gasteiger partial charge in [0.15, 0.2) is 0 Å². The molecule has 5 nitrogen and oxygen atoms in total. The van der Waals surface area contributed by atoms with Crippen molar-refractivity contribution in [1.82, 2.24) is 0 Å². The van der Waals surface area contributed by atoms with E-state index in [1.807, 2.05) is 0 Å². The first-order chi connectivity index (χ1) is 8.45. The Morgan fingerprint density at radius 1 is 1.39 bits per heavy atom. The third kappa shape index (κ3) is 3.31. The Morgan fingerprint density at radius 3 is 2.61 bits per heavy atom. The number of likely N-dealkylation sites (N-methyl/N-ethyl adjacent to an activating group) is 1. The number of carboxylic acid groups (broad SMARTS) is 1. The van der Waals surface area contributed by atoms with Crippen LogP contribution in [0.25, 0.3) is 0 Å². The third-order valence-electron chi connectivity index (χ3n) is 2.20. The van der Waals surface area contributed by atoms with E-state index in [4.69, 9.17) is 9.84 Å². The monoisotopic (exact) mass is 253 g/mol. The van der Waals surface area contributed by atoms with Crippen molar-refractivity contribution in [1.29, 1.82) is 0 Å². The fraction of sp³-hybridized carbons (Fsp3) is 0.167. The van der Waals surface area contributed by atoms with E-state index >= 15 is 0 Å². The summed E-state index contributed by atoms with van der Waals surface area (Å²) in [6.07, 6.45) is 1.59. The molecule has 6 heteroatoms. The van der Waals surface area contributed by atoms with E-state index in [9.17, 15) is 14.0 Å². The van der Waals surface area contributed by atoms with Crippen molar-refractivity contribution in [3.05, 3.63) is 36.2 Å². The number of carboxylic acids is 1. The summed E-state index contributed by atoms with van der Waals surface area (Å²) in [5.74, 6) is -2.03. The molecule has 0 spiro atoms. The molecule has 96 valence electrons. The first kappa shape index (κ1) is 13.7. The molecule has 1 aromatic rings. The summed E-state index contributed by atoms with van der Waals surface area (Å²) in [6.45, 7) is 0. The number of hydrogen-bond acceptors (Lipinski definition) is 3. The van der Waals surface area contributed by atoms with Crippen LogP contribution in [0.3, 0.4) is 0 Å². The fourth-order valence-electron chi connectivity index (χ4n) is 1.30. The fourth-order valence-corrected chi connectivity index (χ4v) is 1.30. The van der Waals surface area contributed by atoms with Gasteiger partial charge in [-0.25, -0.2) is 9.18 Å². The van der Waals surface area contributed by atoms with Gasteiger partial charge in [-0.3, -0.25) is 4.79 Å². The number of benzene rings is 1. The maximum atomic E-state index is 13.1. The molecule has 1 rings (SSSR count). The van der Waals surface area contributed by atoms with Crippen LogP contribution in [0.15, 0.2) is 30.4 Å². The van der Waals surface area contributed by atoms with Crippen molar-refractivity contribution in [2.45, 2.75) is 0 Å². The Hall–Kier alpha value is -2.37. The van der Waals surface area contributed by atoms with Gasteiger partial charge in [0.05, 0.1) is 12.8 Å². The van der Waals surface area contributed by atoms with E-state index in [1.165, 1.54) is 26.3 Å². The zero-order valence-corrected chi connectivity index (χ0v) is 9.88. The van der Waals surface area contributed by atoms with Gasteiger partial charge in [-0.1, -0.05) is 0 Å². The maximum absolute atomic E-state index is 13.1. The van der Waals surface area contributed by atoms with Crippen LogP contribution in [0.1, 0.15) is 0 Å². The highest BCUT2D eigenvalue weighted by molar-refractivity contribution is 6.04. The first-order valence-corrected chi connectivity index (χ1v) is 4.98. The van der Waals surface area contributed by atoms with Crippen LogP contribution in [0.4, 0.5) is 10.1 Å². The number of amides is 1. The predicted octanol–water partition coefficient (Wildman–Crippen LogP) is 1.44. The van der Waals surface area contributed by atoms with Crippen molar-refractivity contribution in [2.24, 2.45) is 0 Å². The van der Waals surface area contributed by atoms with E-state index < -0.39 is 17.7 Å². The molecule has 0 aliphatic heterocycles. The lowest BCUT2D eigenvalue weighted by atomic mass is 10.2. The predicted molar refractivity (Wildman–Crippen MR) is 63.1 cm³/mol. The minimum absolute atomic E-state index is 0.220. The van der Waals surface area contributed by atoms with Gasteiger partial charge in [-0.2, -0.15) is 0 Å². The summed E-state index contributed by atoms with van der Waals surface area (Å²) in [7, 11) is 2.79. The second-order valence-electron chi connectivity index (χ2n) is 3.38. The molecule has 0 aliphatic rings. The average Bonchev–Trinajstić information content (AvgIpc) is 2.34. The number of methoxy groups -OCH3 is 1. The third-order valence-corrected chi connectivity index (χ3v) is 2.20. The molecule has 0 heterocycles. The molecule has 0 aliphatic carbocycles. The van der Waals surface area contributed by atoms with E-state index in [0.29, 0.717) is 11.8 Å². The molecule has 18 heavy (non-hydrogen) atoms. The molecule has 0 saturated heterocycles. The van der Waals surface area contributed by atoms with Crippen molar-refractivity contribution in [2.75, 3.05) is 19.1 Å². The summed E-state index contributed by atoms with van der Waals surface area (Å²) >= 11 is 0. The lowest BCUT2D eigenvalue weighted by Gasteiger charge is -2.18. The molecule has 1 aromatic carbocycles. The number of carbonyl (C=O) groups excluding carboxylic acids is 1. The Balaban J connectivity index is 3.02. The van der Waals surface area contributed by atoms with Crippen molar-refractivity contribution in [3.8, 4) is 5.75 Å².